The van der Waals surface area contributed by atoms with Gasteiger partial charge in [0.25, 0.3) is 0 Å². The van der Waals surface area contributed by atoms with Gasteiger partial charge in [-0.15, -0.1) is 0 Å². The number of aliphatic hydroxyl groups excluding tert-OH is 1. The van der Waals surface area contributed by atoms with Crippen LogP contribution in [0.2, 0.25) is 0 Å². The summed E-state index contributed by atoms with van der Waals surface area (Å²) >= 11 is 0. The van der Waals surface area contributed by atoms with Crippen molar-refractivity contribution in [3.63, 3.8) is 0 Å². The van der Waals surface area contributed by atoms with Gasteiger partial charge in [0.05, 0.1) is 31.1 Å². The minimum absolute atomic E-state index is 0.178. The molecular formula is C26H49NO4S. The number of nitrogens with zero attached hydrogens (tertiary/aromatic N) is 1. The second-order valence-corrected chi connectivity index (χ2v) is 10.4. The van der Waals surface area contributed by atoms with Crippen molar-refractivity contribution in [1.82, 2.24) is 0 Å². The normalized spacial score (nSPS) is 11.8. The zero-order valence-corrected chi connectivity index (χ0v) is 22.0. The highest BCUT2D eigenvalue weighted by Gasteiger charge is 2.25. The van der Waals surface area contributed by atoms with E-state index in [2.05, 4.69) is 20.8 Å². The fraction of sp³-hybridized carbons (Fsp3) is 0.769. The molecule has 0 aliphatic rings. The Morgan fingerprint density at radius 2 is 1.09 bits per heavy atom. The van der Waals surface area contributed by atoms with E-state index in [0.29, 0.717) is 6.61 Å². The van der Waals surface area contributed by atoms with Gasteiger partial charge >= 0.3 is 0 Å². The molecule has 32 heavy (non-hydrogen) atoms. The molecule has 0 aliphatic carbocycles. The van der Waals surface area contributed by atoms with Gasteiger partial charge in [-0.3, -0.25) is 0 Å². The van der Waals surface area contributed by atoms with Crippen molar-refractivity contribution < 1.29 is 22.6 Å². The van der Waals surface area contributed by atoms with Crippen molar-refractivity contribution in [2.24, 2.45) is 0 Å². The molecule has 0 bridgehead atoms. The minimum Gasteiger partial charge on any atom is -0.744 e. The van der Waals surface area contributed by atoms with E-state index in [1.807, 2.05) is 6.92 Å². The van der Waals surface area contributed by atoms with E-state index < -0.39 is 10.1 Å². The third kappa shape index (κ3) is 15.0. The number of aryl methyl sites for hydroxylation is 1. The molecule has 1 aromatic carbocycles. The van der Waals surface area contributed by atoms with Crippen LogP contribution in [0, 0.1) is 6.92 Å². The van der Waals surface area contributed by atoms with E-state index in [9.17, 15) is 13.0 Å². The molecule has 0 unspecified atom stereocenters. The molecule has 1 rings (SSSR count). The molecule has 0 heterocycles. The van der Waals surface area contributed by atoms with Crippen LogP contribution in [-0.2, 0) is 10.1 Å². The number of rotatable bonds is 17. The molecule has 0 atom stereocenters. The lowest BCUT2D eigenvalue weighted by Gasteiger charge is -2.39. The van der Waals surface area contributed by atoms with Gasteiger partial charge in [-0.1, -0.05) is 57.7 Å². The van der Waals surface area contributed by atoms with Crippen molar-refractivity contribution in [3.8, 4) is 0 Å². The standard InChI is InChI=1S/C19H42NO.C7H8O3S/c1-4-7-10-15-20(16-11-8-5-2,17-12-9-6-3)18-13-14-19-21;1-6-2-4-7(5-3-6)11(8,9)10/h21H,4-19H2,1-3H3;2-5H,1H3,(H,8,9,10)/q+1;/p-1. The van der Waals surface area contributed by atoms with Crippen molar-refractivity contribution in [2.45, 2.75) is 103 Å². The van der Waals surface area contributed by atoms with Crippen molar-refractivity contribution in [2.75, 3.05) is 32.8 Å². The van der Waals surface area contributed by atoms with Crippen LogP contribution in [0.1, 0.15) is 97.0 Å². The predicted octanol–water partition coefficient (Wildman–Crippen LogP) is 6.05. The first-order valence-corrected chi connectivity index (χ1v) is 14.1. The summed E-state index contributed by atoms with van der Waals surface area (Å²) in [6.45, 7) is 14.5. The lowest BCUT2D eigenvalue weighted by molar-refractivity contribution is -0.929. The minimum atomic E-state index is -4.27. The maximum absolute atomic E-state index is 10.4. The van der Waals surface area contributed by atoms with Crippen LogP contribution < -0.4 is 0 Å². The summed E-state index contributed by atoms with van der Waals surface area (Å²) in [6, 6.07) is 5.78. The van der Waals surface area contributed by atoms with Gasteiger partial charge in [0.15, 0.2) is 0 Å². The lowest BCUT2D eigenvalue weighted by atomic mass is 10.1. The van der Waals surface area contributed by atoms with Gasteiger partial charge < -0.3 is 14.1 Å². The Morgan fingerprint density at radius 3 is 1.41 bits per heavy atom. The summed E-state index contributed by atoms with van der Waals surface area (Å²) in [6.07, 6.45) is 14.4. The SMILES string of the molecule is CCCCC[N+](CCCCC)(CCCCC)CCCCO.Cc1ccc(S(=O)(=O)[O-])cc1. The fourth-order valence-corrected chi connectivity index (χ4v) is 4.50. The summed E-state index contributed by atoms with van der Waals surface area (Å²) in [5.41, 5.74) is 0.928. The van der Waals surface area contributed by atoms with Crippen LogP contribution in [0.25, 0.3) is 0 Å². The Bertz CT molecular complexity index is 613. The second kappa shape index (κ2) is 18.5. The van der Waals surface area contributed by atoms with E-state index in [1.54, 1.807) is 12.1 Å². The van der Waals surface area contributed by atoms with E-state index in [1.165, 1.54) is 107 Å². The largest absolute Gasteiger partial charge is 0.744 e. The van der Waals surface area contributed by atoms with Crippen LogP contribution >= 0.6 is 0 Å². The Balaban J connectivity index is 0.000000726. The van der Waals surface area contributed by atoms with Crippen LogP contribution in [-0.4, -0.2) is 55.3 Å². The first kappa shape index (κ1) is 31.0. The molecular weight excluding hydrogens is 422 g/mol. The molecule has 0 aromatic heterocycles. The van der Waals surface area contributed by atoms with Gasteiger partial charge in [-0.2, -0.15) is 0 Å². The van der Waals surface area contributed by atoms with Gasteiger partial charge in [0.1, 0.15) is 10.1 Å². The number of hydrogen-bond donors (Lipinski definition) is 1. The summed E-state index contributed by atoms with van der Waals surface area (Å²) in [5, 5.41) is 9.10. The predicted molar refractivity (Wildman–Crippen MR) is 134 cm³/mol. The number of aliphatic hydroxyl groups is 1. The molecule has 0 aliphatic heterocycles. The summed E-state index contributed by atoms with van der Waals surface area (Å²) < 4.78 is 32.5. The molecule has 0 saturated heterocycles. The fourth-order valence-electron chi connectivity index (χ4n) is 4.03. The Labute approximate surface area is 198 Å². The zero-order valence-electron chi connectivity index (χ0n) is 21.2. The molecule has 1 aromatic rings. The van der Waals surface area contributed by atoms with E-state index >= 15 is 0 Å². The van der Waals surface area contributed by atoms with Crippen LogP contribution in [0.3, 0.4) is 0 Å². The molecule has 188 valence electrons. The van der Waals surface area contributed by atoms with Crippen molar-refractivity contribution >= 4 is 10.1 Å². The average molecular weight is 472 g/mol. The Kier molecular flexibility index (Phi) is 17.9. The third-order valence-corrected chi connectivity index (χ3v) is 6.91. The Hall–Kier alpha value is -0.950. The van der Waals surface area contributed by atoms with Gasteiger partial charge in [-0.05, 0) is 70.4 Å². The first-order chi connectivity index (χ1) is 15.2. The van der Waals surface area contributed by atoms with Crippen LogP contribution in [0.15, 0.2) is 29.2 Å². The molecule has 6 heteroatoms. The highest BCUT2D eigenvalue weighted by Crippen LogP contribution is 2.18. The highest BCUT2D eigenvalue weighted by molar-refractivity contribution is 7.85. The monoisotopic (exact) mass is 471 g/mol. The molecule has 0 spiro atoms. The topological polar surface area (TPSA) is 77.4 Å². The smallest absolute Gasteiger partial charge is 0.124 e. The Morgan fingerprint density at radius 1 is 0.719 bits per heavy atom. The molecule has 0 radical (unpaired) electrons. The van der Waals surface area contributed by atoms with E-state index in [4.69, 9.17) is 5.11 Å². The molecule has 0 amide bonds. The van der Waals surface area contributed by atoms with Crippen LogP contribution in [0.4, 0.5) is 0 Å². The number of quaternary nitrogens is 1. The quantitative estimate of drug-likeness (QED) is 0.170. The molecule has 5 nitrogen and oxygen atoms in total. The highest BCUT2D eigenvalue weighted by atomic mass is 32.2. The van der Waals surface area contributed by atoms with Crippen molar-refractivity contribution in [1.29, 1.82) is 0 Å². The zero-order chi connectivity index (χ0) is 24.3. The van der Waals surface area contributed by atoms with Gasteiger partial charge in [-0.25, -0.2) is 8.42 Å². The molecule has 0 saturated carbocycles. The van der Waals surface area contributed by atoms with Gasteiger partial charge in [0, 0.05) is 6.61 Å². The summed E-state index contributed by atoms with van der Waals surface area (Å²) in [5.74, 6) is 0. The summed E-state index contributed by atoms with van der Waals surface area (Å²) in [7, 11) is -4.27. The van der Waals surface area contributed by atoms with Crippen molar-refractivity contribution in [3.05, 3.63) is 29.8 Å². The van der Waals surface area contributed by atoms with Crippen LogP contribution in [0.5, 0.6) is 0 Å². The number of benzene rings is 1. The number of unbranched alkanes of at least 4 members (excludes halogenated alkanes) is 7. The third-order valence-electron chi connectivity index (χ3n) is 6.06. The second-order valence-electron chi connectivity index (χ2n) is 9.06. The average Bonchev–Trinajstić information content (AvgIpc) is 2.75. The van der Waals surface area contributed by atoms with Gasteiger partial charge in [0.2, 0.25) is 0 Å². The van der Waals surface area contributed by atoms with E-state index in [-0.39, 0.29) is 4.90 Å². The van der Waals surface area contributed by atoms with E-state index in [0.717, 1.165) is 12.0 Å². The first-order valence-electron chi connectivity index (χ1n) is 12.7. The lowest BCUT2D eigenvalue weighted by Crippen LogP contribution is -2.50. The summed E-state index contributed by atoms with van der Waals surface area (Å²) in [4.78, 5) is -0.178. The molecule has 0 fully saturated rings. The maximum atomic E-state index is 10.4. The number of hydrogen-bond acceptors (Lipinski definition) is 4. The maximum Gasteiger partial charge on any atom is 0.124 e. The molecule has 1 N–H and O–H groups in total.